The number of rotatable bonds is 1. The molecule has 2 unspecified atom stereocenters. The molecule has 0 bridgehead atoms. The van der Waals surface area contributed by atoms with E-state index in [2.05, 4.69) is 21.6 Å². The molecule has 1 N–H and O–H groups in total. The Labute approximate surface area is 112 Å². The van der Waals surface area contributed by atoms with Gasteiger partial charge in [-0.3, -0.25) is 9.25 Å². The number of hydrogen-bond donors (Lipinski definition) is 1. The third-order valence-electron chi connectivity index (χ3n) is 4.27. The smallest absolute Gasteiger partial charge is 0.179 e. The largest absolute Gasteiger partial charge is 0.328 e. The first-order valence-corrected chi connectivity index (χ1v) is 7.14. The van der Waals surface area contributed by atoms with Gasteiger partial charge >= 0.3 is 0 Å². The van der Waals surface area contributed by atoms with E-state index in [9.17, 15) is 0 Å². The van der Waals surface area contributed by atoms with Crippen molar-refractivity contribution in [1.82, 2.24) is 19.3 Å². The minimum absolute atomic E-state index is 0.523. The monoisotopic (exact) mass is 264 g/mol. The maximum Gasteiger partial charge on any atom is 0.179 e. The molecule has 2 aromatic rings. The van der Waals surface area contributed by atoms with Gasteiger partial charge in [-0.2, -0.15) is 5.10 Å². The molecule has 98 valence electrons. The molecule has 0 amide bonds. The van der Waals surface area contributed by atoms with Gasteiger partial charge in [0.1, 0.15) is 5.52 Å². The van der Waals surface area contributed by atoms with Crippen LogP contribution in [0.3, 0.4) is 0 Å². The summed E-state index contributed by atoms with van der Waals surface area (Å²) >= 11 is 5.53. The summed E-state index contributed by atoms with van der Waals surface area (Å²) in [6.07, 6.45) is 5.19. The Morgan fingerprint density at radius 3 is 2.78 bits per heavy atom. The van der Waals surface area contributed by atoms with Gasteiger partial charge in [-0.1, -0.05) is 19.8 Å². The van der Waals surface area contributed by atoms with E-state index in [1.54, 1.807) is 0 Å². The second-order valence-corrected chi connectivity index (χ2v) is 5.92. The molecule has 1 saturated carbocycles. The lowest BCUT2D eigenvalue weighted by Crippen LogP contribution is -2.22. The zero-order valence-corrected chi connectivity index (χ0v) is 12.0. The van der Waals surface area contributed by atoms with Crippen molar-refractivity contribution in [3.05, 3.63) is 10.5 Å². The van der Waals surface area contributed by atoms with Crippen molar-refractivity contribution < 1.29 is 0 Å². The molecule has 0 radical (unpaired) electrons. The number of imidazole rings is 1. The highest BCUT2D eigenvalue weighted by Gasteiger charge is 2.26. The number of hydrogen-bond acceptors (Lipinski definition) is 2. The highest BCUT2D eigenvalue weighted by atomic mass is 32.1. The summed E-state index contributed by atoms with van der Waals surface area (Å²) in [5.74, 6) is 0.694. The molecule has 5 heteroatoms. The molecule has 4 nitrogen and oxygen atoms in total. The number of H-pyrrole nitrogens is 1. The average Bonchev–Trinajstić information content (AvgIpc) is 2.79. The Morgan fingerprint density at radius 1 is 1.33 bits per heavy atom. The summed E-state index contributed by atoms with van der Waals surface area (Å²) in [5.41, 5.74) is 3.28. The molecule has 2 aromatic heterocycles. The van der Waals surface area contributed by atoms with Crippen LogP contribution in [0.15, 0.2) is 0 Å². The van der Waals surface area contributed by atoms with Gasteiger partial charge < -0.3 is 4.98 Å². The summed E-state index contributed by atoms with van der Waals surface area (Å²) < 4.78 is 5.10. The van der Waals surface area contributed by atoms with E-state index in [1.807, 2.05) is 18.7 Å². The Morgan fingerprint density at radius 2 is 2.06 bits per heavy atom. The molecule has 0 spiro atoms. The van der Waals surface area contributed by atoms with Gasteiger partial charge in [0.15, 0.2) is 10.4 Å². The quantitative estimate of drug-likeness (QED) is 0.801. The lowest BCUT2D eigenvalue weighted by Gasteiger charge is -2.30. The SMILES string of the molecule is Cc1nn(C)c2c1[nH]c(=S)n2C1CCCCC1C. The minimum atomic E-state index is 0.523. The summed E-state index contributed by atoms with van der Waals surface area (Å²) in [5, 5.41) is 4.49. The third kappa shape index (κ3) is 1.64. The number of aromatic nitrogens is 4. The summed E-state index contributed by atoms with van der Waals surface area (Å²) in [4.78, 5) is 3.33. The number of nitrogens with one attached hydrogen (secondary N) is 1. The van der Waals surface area contributed by atoms with Crippen LogP contribution in [-0.2, 0) is 7.05 Å². The van der Waals surface area contributed by atoms with Crippen molar-refractivity contribution >= 4 is 23.4 Å². The first-order chi connectivity index (χ1) is 8.59. The van der Waals surface area contributed by atoms with Gasteiger partial charge in [0.05, 0.1) is 5.69 Å². The molecule has 1 aliphatic carbocycles. The fraction of sp³-hybridized carbons (Fsp3) is 0.692. The van der Waals surface area contributed by atoms with Gasteiger partial charge in [-0.25, -0.2) is 0 Å². The standard InChI is InChI=1S/C13H20N4S/c1-8-6-4-5-7-10(8)17-12-11(14-13(17)18)9(2)15-16(12)3/h8,10H,4-7H2,1-3H3,(H,14,18). The van der Waals surface area contributed by atoms with Crippen molar-refractivity contribution in [1.29, 1.82) is 0 Å². The van der Waals surface area contributed by atoms with Crippen LogP contribution in [0.5, 0.6) is 0 Å². The first-order valence-electron chi connectivity index (χ1n) is 6.73. The van der Waals surface area contributed by atoms with Crippen LogP contribution in [0.4, 0.5) is 0 Å². The molecule has 2 atom stereocenters. The van der Waals surface area contributed by atoms with Gasteiger partial charge in [-0.15, -0.1) is 0 Å². The van der Waals surface area contributed by atoms with Gasteiger partial charge in [0, 0.05) is 13.1 Å². The summed E-state index contributed by atoms with van der Waals surface area (Å²) in [7, 11) is 2.00. The summed E-state index contributed by atoms with van der Waals surface area (Å²) in [6, 6.07) is 0.523. The van der Waals surface area contributed by atoms with E-state index in [0.29, 0.717) is 12.0 Å². The lowest BCUT2D eigenvalue weighted by atomic mass is 9.86. The molecule has 3 rings (SSSR count). The Balaban J connectivity index is 2.21. The molecule has 18 heavy (non-hydrogen) atoms. The van der Waals surface area contributed by atoms with Crippen molar-refractivity contribution in [2.24, 2.45) is 13.0 Å². The maximum atomic E-state index is 5.53. The minimum Gasteiger partial charge on any atom is -0.328 e. The number of aromatic amines is 1. The maximum absolute atomic E-state index is 5.53. The van der Waals surface area contributed by atoms with Crippen molar-refractivity contribution in [3.63, 3.8) is 0 Å². The van der Waals surface area contributed by atoms with Crippen LogP contribution in [0.2, 0.25) is 0 Å². The van der Waals surface area contributed by atoms with Crippen LogP contribution >= 0.6 is 12.2 Å². The molecule has 1 aliphatic rings. The highest BCUT2D eigenvalue weighted by Crippen LogP contribution is 2.36. The summed E-state index contributed by atoms with van der Waals surface area (Å²) in [6.45, 7) is 4.37. The zero-order chi connectivity index (χ0) is 12.9. The number of fused-ring (bicyclic) bond motifs is 1. The molecular formula is C13H20N4S. The van der Waals surface area contributed by atoms with E-state index in [-0.39, 0.29) is 0 Å². The third-order valence-corrected chi connectivity index (χ3v) is 4.57. The van der Waals surface area contributed by atoms with Crippen molar-refractivity contribution in [2.45, 2.75) is 45.6 Å². The molecule has 1 fully saturated rings. The number of aryl methyl sites for hydroxylation is 2. The predicted molar refractivity (Wildman–Crippen MR) is 75.3 cm³/mol. The Bertz CT molecular complexity index is 633. The average molecular weight is 264 g/mol. The van der Waals surface area contributed by atoms with E-state index >= 15 is 0 Å². The second kappa shape index (κ2) is 4.23. The van der Waals surface area contributed by atoms with E-state index in [0.717, 1.165) is 21.6 Å². The van der Waals surface area contributed by atoms with Crippen LogP contribution in [0.1, 0.15) is 44.3 Å². The normalized spacial score (nSPS) is 24.8. The zero-order valence-electron chi connectivity index (χ0n) is 11.2. The van der Waals surface area contributed by atoms with Gasteiger partial charge in [-0.05, 0) is 37.9 Å². The van der Waals surface area contributed by atoms with Crippen LogP contribution in [0, 0.1) is 17.6 Å². The van der Waals surface area contributed by atoms with E-state index in [1.165, 1.54) is 25.7 Å². The molecule has 0 aliphatic heterocycles. The lowest BCUT2D eigenvalue weighted by molar-refractivity contribution is 0.258. The fourth-order valence-electron chi connectivity index (χ4n) is 3.32. The highest BCUT2D eigenvalue weighted by molar-refractivity contribution is 7.71. The molecular weight excluding hydrogens is 244 g/mol. The molecule has 2 heterocycles. The van der Waals surface area contributed by atoms with Gasteiger partial charge in [0.2, 0.25) is 0 Å². The second-order valence-electron chi connectivity index (χ2n) is 5.54. The van der Waals surface area contributed by atoms with Crippen LogP contribution in [-0.4, -0.2) is 19.3 Å². The van der Waals surface area contributed by atoms with Gasteiger partial charge in [0.25, 0.3) is 0 Å². The Kier molecular flexibility index (Phi) is 2.81. The topological polar surface area (TPSA) is 38.5 Å². The predicted octanol–water partition coefficient (Wildman–Crippen LogP) is 3.49. The van der Waals surface area contributed by atoms with Crippen molar-refractivity contribution in [2.75, 3.05) is 0 Å². The van der Waals surface area contributed by atoms with E-state index < -0.39 is 0 Å². The first kappa shape index (κ1) is 12.0. The van der Waals surface area contributed by atoms with Crippen molar-refractivity contribution in [3.8, 4) is 0 Å². The molecule has 0 saturated heterocycles. The van der Waals surface area contributed by atoms with Crippen LogP contribution < -0.4 is 0 Å². The van der Waals surface area contributed by atoms with E-state index in [4.69, 9.17) is 12.2 Å². The fourth-order valence-corrected chi connectivity index (χ4v) is 3.64. The van der Waals surface area contributed by atoms with Crippen LogP contribution in [0.25, 0.3) is 11.2 Å². The number of nitrogens with zero attached hydrogens (tertiary/aromatic N) is 3. The Hall–Kier alpha value is -1.10. The molecule has 0 aromatic carbocycles.